The Labute approximate surface area is 214 Å². The standard InChI is InChI=1S/C29H48O5Si/c1-19-11-14-23-28(7,16-15-24-29(23,8)18-32-27(5,6)33-24)21(19)13-12-20-22(17-31-25(20)30)34-35(9,10)26(2,3)4/h12,21-24H,1,11,13-18H2,2-10H3/b20-12+/t21-,22-,23+,24-,28+,29+/m1/s1. The second kappa shape index (κ2) is 8.82. The molecule has 198 valence electrons. The summed E-state index contributed by atoms with van der Waals surface area (Å²) in [6.45, 7) is 25.6. The van der Waals surface area contributed by atoms with Crippen LogP contribution in [0, 0.1) is 22.7 Å². The van der Waals surface area contributed by atoms with Gasteiger partial charge in [-0.1, -0.05) is 52.8 Å². The van der Waals surface area contributed by atoms with E-state index in [-0.39, 0.29) is 34.0 Å². The van der Waals surface area contributed by atoms with Gasteiger partial charge in [-0.05, 0) is 81.3 Å². The summed E-state index contributed by atoms with van der Waals surface area (Å²) in [5, 5.41) is 0.0783. The van der Waals surface area contributed by atoms with Crippen LogP contribution in [0.4, 0.5) is 0 Å². The molecule has 4 rings (SSSR count). The van der Waals surface area contributed by atoms with Crippen LogP contribution in [0.2, 0.25) is 18.1 Å². The van der Waals surface area contributed by atoms with Crippen molar-refractivity contribution in [2.24, 2.45) is 22.7 Å². The first kappa shape index (κ1) is 27.1. The zero-order valence-electron chi connectivity index (χ0n) is 23.6. The molecule has 0 amide bonds. The second-order valence-electron chi connectivity index (χ2n) is 14.0. The van der Waals surface area contributed by atoms with E-state index in [0.29, 0.717) is 24.0 Å². The van der Waals surface area contributed by atoms with Crippen molar-refractivity contribution in [1.29, 1.82) is 0 Å². The minimum atomic E-state index is -2.03. The highest BCUT2D eigenvalue weighted by Crippen LogP contribution is 2.63. The molecule has 2 aliphatic heterocycles. The lowest BCUT2D eigenvalue weighted by atomic mass is 9.46. The van der Waals surface area contributed by atoms with Gasteiger partial charge in [-0.3, -0.25) is 0 Å². The zero-order chi connectivity index (χ0) is 26.0. The molecule has 2 saturated carbocycles. The number of carbonyl (C=O) groups is 1. The SMILES string of the molecule is C=C1CC[C@@H]2[C@]3(C)COC(C)(C)O[C@@H]3CC[C@@]2(C)[C@@H]1C/C=C1/C(=O)OC[C@H]1O[Si](C)(C)C(C)(C)C. The molecule has 6 atom stereocenters. The van der Waals surface area contributed by atoms with Gasteiger partial charge in [0.05, 0.1) is 18.3 Å². The summed E-state index contributed by atoms with van der Waals surface area (Å²) >= 11 is 0. The van der Waals surface area contributed by atoms with Gasteiger partial charge in [0.15, 0.2) is 14.1 Å². The molecule has 35 heavy (non-hydrogen) atoms. The Morgan fingerprint density at radius 3 is 2.49 bits per heavy atom. The molecule has 0 unspecified atom stereocenters. The molecular formula is C29H48O5Si. The van der Waals surface area contributed by atoms with Crippen LogP contribution in [-0.2, 0) is 23.4 Å². The molecule has 5 nitrogen and oxygen atoms in total. The van der Waals surface area contributed by atoms with Gasteiger partial charge in [0.2, 0.25) is 0 Å². The number of ether oxygens (including phenoxy) is 3. The number of esters is 1. The maximum Gasteiger partial charge on any atom is 0.336 e. The van der Waals surface area contributed by atoms with Crippen molar-refractivity contribution in [2.75, 3.05) is 13.2 Å². The largest absolute Gasteiger partial charge is 0.459 e. The van der Waals surface area contributed by atoms with E-state index in [2.05, 4.69) is 60.4 Å². The Bertz CT molecular complexity index is 899. The van der Waals surface area contributed by atoms with Crippen LogP contribution >= 0.6 is 0 Å². The molecule has 4 fully saturated rings. The quantitative estimate of drug-likeness (QED) is 0.183. The van der Waals surface area contributed by atoms with Gasteiger partial charge in [0.25, 0.3) is 0 Å². The van der Waals surface area contributed by atoms with Crippen LogP contribution in [0.15, 0.2) is 23.8 Å². The van der Waals surface area contributed by atoms with Crippen molar-refractivity contribution in [1.82, 2.24) is 0 Å². The third-order valence-electron chi connectivity index (χ3n) is 10.2. The molecule has 0 aromatic heterocycles. The Morgan fingerprint density at radius 2 is 1.83 bits per heavy atom. The van der Waals surface area contributed by atoms with Crippen LogP contribution < -0.4 is 0 Å². The summed E-state index contributed by atoms with van der Waals surface area (Å²) in [6, 6.07) is 0. The van der Waals surface area contributed by atoms with Crippen LogP contribution in [-0.4, -0.2) is 45.5 Å². The smallest absolute Gasteiger partial charge is 0.336 e. The van der Waals surface area contributed by atoms with E-state index in [0.717, 1.165) is 38.7 Å². The molecule has 4 aliphatic rings. The average Bonchev–Trinajstić information content (AvgIpc) is 3.06. The Morgan fingerprint density at radius 1 is 1.14 bits per heavy atom. The molecular weight excluding hydrogens is 456 g/mol. The van der Waals surface area contributed by atoms with Crippen molar-refractivity contribution in [3.8, 4) is 0 Å². The predicted octanol–water partition coefficient (Wildman–Crippen LogP) is 6.79. The minimum absolute atomic E-state index is 0.00508. The number of cyclic esters (lactones) is 1. The van der Waals surface area contributed by atoms with Crippen molar-refractivity contribution < 1.29 is 23.4 Å². The van der Waals surface area contributed by atoms with Gasteiger partial charge in [-0.2, -0.15) is 0 Å². The van der Waals surface area contributed by atoms with E-state index < -0.39 is 14.1 Å². The number of rotatable bonds is 4. The van der Waals surface area contributed by atoms with Crippen molar-refractivity contribution >= 4 is 14.3 Å². The molecule has 0 aromatic carbocycles. The summed E-state index contributed by atoms with van der Waals surface area (Å²) in [7, 11) is -2.03. The first-order chi connectivity index (χ1) is 16.0. The fourth-order valence-electron chi connectivity index (χ4n) is 7.04. The first-order valence-electron chi connectivity index (χ1n) is 13.5. The topological polar surface area (TPSA) is 54.0 Å². The fourth-order valence-corrected chi connectivity index (χ4v) is 8.30. The lowest BCUT2D eigenvalue weighted by molar-refractivity contribution is -0.344. The minimum Gasteiger partial charge on any atom is -0.459 e. The maximum atomic E-state index is 12.7. The molecule has 0 aromatic rings. The molecule has 2 heterocycles. The number of hydrogen-bond acceptors (Lipinski definition) is 5. The number of fused-ring (bicyclic) bond motifs is 3. The molecule has 6 heteroatoms. The van der Waals surface area contributed by atoms with Gasteiger partial charge < -0.3 is 18.6 Å². The Kier molecular flexibility index (Phi) is 6.82. The highest BCUT2D eigenvalue weighted by molar-refractivity contribution is 6.74. The van der Waals surface area contributed by atoms with Crippen molar-refractivity contribution in [2.45, 2.75) is 117 Å². The molecule has 0 bridgehead atoms. The Hall–Kier alpha value is -0.953. The third-order valence-corrected chi connectivity index (χ3v) is 14.7. The predicted molar refractivity (Wildman–Crippen MR) is 141 cm³/mol. The van der Waals surface area contributed by atoms with Crippen LogP contribution in [0.1, 0.15) is 80.6 Å². The summed E-state index contributed by atoms with van der Waals surface area (Å²) in [4.78, 5) is 12.7. The normalized spacial score (nSPS) is 40.9. The first-order valence-corrected chi connectivity index (χ1v) is 16.5. The van der Waals surface area contributed by atoms with Gasteiger partial charge in [0, 0.05) is 5.41 Å². The summed E-state index contributed by atoms with van der Waals surface area (Å²) in [5.41, 5.74) is 2.12. The lowest BCUT2D eigenvalue weighted by Crippen LogP contribution is -2.62. The highest BCUT2D eigenvalue weighted by Gasteiger charge is 2.61. The van der Waals surface area contributed by atoms with E-state index in [1.54, 1.807) is 0 Å². The molecule has 2 saturated heterocycles. The van der Waals surface area contributed by atoms with Gasteiger partial charge in [-0.25, -0.2) is 4.79 Å². The summed E-state index contributed by atoms with van der Waals surface area (Å²) < 4.78 is 24.8. The second-order valence-corrected chi connectivity index (χ2v) is 18.8. The third kappa shape index (κ3) is 4.73. The van der Waals surface area contributed by atoms with E-state index in [1.165, 1.54) is 5.57 Å². The molecule has 2 aliphatic carbocycles. The average molecular weight is 505 g/mol. The monoisotopic (exact) mass is 504 g/mol. The summed E-state index contributed by atoms with van der Waals surface area (Å²) in [5.74, 6) is 0.0860. The fraction of sp³-hybridized carbons (Fsp3) is 0.828. The highest BCUT2D eigenvalue weighted by atomic mass is 28.4. The molecule has 0 N–H and O–H groups in total. The number of hydrogen-bond donors (Lipinski definition) is 0. The van der Waals surface area contributed by atoms with E-state index in [1.807, 2.05) is 13.8 Å². The molecule has 0 radical (unpaired) electrons. The van der Waals surface area contributed by atoms with Crippen LogP contribution in [0.5, 0.6) is 0 Å². The van der Waals surface area contributed by atoms with Crippen molar-refractivity contribution in [3.63, 3.8) is 0 Å². The van der Waals surface area contributed by atoms with E-state index in [4.69, 9.17) is 18.6 Å². The van der Waals surface area contributed by atoms with Gasteiger partial charge >= 0.3 is 5.97 Å². The Balaban J connectivity index is 1.57. The van der Waals surface area contributed by atoms with E-state index in [9.17, 15) is 4.79 Å². The van der Waals surface area contributed by atoms with Gasteiger partial charge in [0.1, 0.15) is 12.7 Å². The number of carbonyl (C=O) groups excluding carboxylic acids is 1. The molecule has 0 spiro atoms. The number of allylic oxidation sites excluding steroid dienone is 2. The lowest BCUT2D eigenvalue weighted by Gasteiger charge is -2.63. The van der Waals surface area contributed by atoms with Gasteiger partial charge in [-0.15, -0.1) is 0 Å². The summed E-state index contributed by atoms with van der Waals surface area (Å²) in [6.07, 6.45) is 7.19. The van der Waals surface area contributed by atoms with Crippen LogP contribution in [0.25, 0.3) is 0 Å². The van der Waals surface area contributed by atoms with Crippen molar-refractivity contribution in [3.05, 3.63) is 23.8 Å². The zero-order valence-corrected chi connectivity index (χ0v) is 24.6. The van der Waals surface area contributed by atoms with Crippen LogP contribution in [0.3, 0.4) is 0 Å². The maximum absolute atomic E-state index is 12.7. The van der Waals surface area contributed by atoms with E-state index >= 15 is 0 Å².